The lowest BCUT2D eigenvalue weighted by Gasteiger charge is -2.26. The van der Waals surface area contributed by atoms with Gasteiger partial charge in [-0.25, -0.2) is 8.78 Å². The lowest BCUT2D eigenvalue weighted by molar-refractivity contribution is 0.163. The molecule has 0 aliphatic heterocycles. The van der Waals surface area contributed by atoms with Crippen LogP contribution in [0.15, 0.2) is 12.2 Å². The lowest BCUT2D eigenvalue weighted by Crippen LogP contribution is -2.26. The summed E-state index contributed by atoms with van der Waals surface area (Å²) >= 11 is 0. The molecule has 0 bridgehead atoms. The summed E-state index contributed by atoms with van der Waals surface area (Å²) in [7, 11) is 0. The van der Waals surface area contributed by atoms with Crippen LogP contribution in [0, 0.1) is 5.92 Å². The molecule has 1 rings (SSSR count). The number of halogens is 2. The molecule has 0 aromatic heterocycles. The van der Waals surface area contributed by atoms with E-state index in [4.69, 9.17) is 0 Å². The van der Waals surface area contributed by atoms with Gasteiger partial charge in [-0.05, 0) is 17.9 Å². The van der Waals surface area contributed by atoms with Crippen molar-refractivity contribution in [1.29, 1.82) is 0 Å². The van der Waals surface area contributed by atoms with E-state index < -0.39 is 12.3 Å². The molecular formula is C8H12F2. The minimum atomic E-state index is -0.980. The molecule has 0 N–H and O–H groups in total. The van der Waals surface area contributed by atoms with Crippen LogP contribution in [0.5, 0.6) is 0 Å². The average Bonchev–Trinajstić information content (AvgIpc) is 1.82. The fourth-order valence-electron chi connectivity index (χ4n) is 1.41. The first-order chi connectivity index (χ1) is 4.61. The van der Waals surface area contributed by atoms with Crippen molar-refractivity contribution in [1.82, 2.24) is 0 Å². The average molecular weight is 146 g/mol. The highest BCUT2D eigenvalue weighted by Gasteiger charge is 2.29. The molecule has 58 valence electrons. The predicted octanol–water partition coefficient (Wildman–Crippen LogP) is 2.65. The molecule has 0 radical (unpaired) electrons. The van der Waals surface area contributed by atoms with Crippen LogP contribution in [-0.2, 0) is 0 Å². The van der Waals surface area contributed by atoms with Crippen LogP contribution in [0.3, 0.4) is 0 Å². The molecule has 1 fully saturated rings. The molecule has 1 saturated carbocycles. The summed E-state index contributed by atoms with van der Waals surface area (Å²) < 4.78 is 25.5. The SMILES string of the molecule is C=C1CC(F)CC(C)C1F. The maximum Gasteiger partial charge on any atom is 0.124 e. The molecule has 3 unspecified atom stereocenters. The second-order valence-corrected chi connectivity index (χ2v) is 3.07. The van der Waals surface area contributed by atoms with Gasteiger partial charge < -0.3 is 0 Å². The van der Waals surface area contributed by atoms with E-state index in [0.717, 1.165) is 0 Å². The van der Waals surface area contributed by atoms with Gasteiger partial charge in [0, 0.05) is 6.42 Å². The number of alkyl halides is 2. The molecule has 0 saturated heterocycles. The van der Waals surface area contributed by atoms with Gasteiger partial charge in [-0.15, -0.1) is 0 Å². The zero-order valence-electron chi connectivity index (χ0n) is 6.11. The molecular weight excluding hydrogens is 134 g/mol. The van der Waals surface area contributed by atoms with Crippen molar-refractivity contribution in [3.8, 4) is 0 Å². The minimum Gasteiger partial charge on any atom is -0.247 e. The van der Waals surface area contributed by atoms with Crippen molar-refractivity contribution in [3.05, 3.63) is 12.2 Å². The Kier molecular flexibility index (Phi) is 2.07. The fraction of sp³-hybridized carbons (Fsp3) is 0.750. The summed E-state index contributed by atoms with van der Waals surface area (Å²) in [5.41, 5.74) is 0.422. The van der Waals surface area contributed by atoms with E-state index in [9.17, 15) is 8.78 Å². The summed E-state index contributed by atoms with van der Waals surface area (Å²) in [4.78, 5) is 0. The van der Waals surface area contributed by atoms with Crippen molar-refractivity contribution in [3.63, 3.8) is 0 Å². The lowest BCUT2D eigenvalue weighted by atomic mass is 9.85. The van der Waals surface area contributed by atoms with Crippen LogP contribution >= 0.6 is 0 Å². The summed E-state index contributed by atoms with van der Waals surface area (Å²) in [5.74, 6) is -0.184. The second kappa shape index (κ2) is 2.69. The normalized spacial score (nSPS) is 41.9. The zero-order valence-corrected chi connectivity index (χ0v) is 6.11. The molecule has 0 aromatic rings. The van der Waals surface area contributed by atoms with Crippen molar-refractivity contribution < 1.29 is 8.78 Å². The molecule has 0 amide bonds. The molecule has 1 aliphatic carbocycles. The van der Waals surface area contributed by atoms with Crippen LogP contribution in [0.1, 0.15) is 19.8 Å². The standard InChI is InChI=1S/C8H12F2/c1-5-3-7(9)4-6(2)8(5)10/h6-8H,1,3-4H2,2H3. The van der Waals surface area contributed by atoms with Gasteiger partial charge in [0.2, 0.25) is 0 Å². The molecule has 0 spiro atoms. The number of hydrogen-bond acceptors (Lipinski definition) is 0. The van der Waals surface area contributed by atoms with Gasteiger partial charge in [0.05, 0.1) is 0 Å². The topological polar surface area (TPSA) is 0 Å². The Morgan fingerprint density at radius 2 is 2.10 bits per heavy atom. The smallest absolute Gasteiger partial charge is 0.124 e. The third-order valence-corrected chi connectivity index (χ3v) is 2.00. The van der Waals surface area contributed by atoms with E-state index >= 15 is 0 Å². The number of hydrogen-bond donors (Lipinski definition) is 0. The van der Waals surface area contributed by atoms with Crippen molar-refractivity contribution in [2.45, 2.75) is 32.1 Å². The molecule has 0 nitrogen and oxygen atoms in total. The second-order valence-electron chi connectivity index (χ2n) is 3.07. The number of rotatable bonds is 0. The summed E-state index contributed by atoms with van der Waals surface area (Å²) in [6.45, 7) is 5.20. The molecule has 3 atom stereocenters. The van der Waals surface area contributed by atoms with E-state index in [1.807, 2.05) is 0 Å². The van der Waals surface area contributed by atoms with E-state index in [0.29, 0.717) is 12.0 Å². The van der Waals surface area contributed by atoms with E-state index in [2.05, 4.69) is 6.58 Å². The Morgan fingerprint density at radius 1 is 1.50 bits per heavy atom. The van der Waals surface area contributed by atoms with E-state index in [-0.39, 0.29) is 12.3 Å². The Bertz CT molecular complexity index is 142. The Balaban J connectivity index is 2.57. The van der Waals surface area contributed by atoms with Crippen molar-refractivity contribution >= 4 is 0 Å². The fourth-order valence-corrected chi connectivity index (χ4v) is 1.41. The van der Waals surface area contributed by atoms with Crippen LogP contribution in [0.4, 0.5) is 8.78 Å². The maximum atomic E-state index is 12.9. The first-order valence-corrected chi connectivity index (χ1v) is 3.57. The molecule has 0 heterocycles. The summed E-state index contributed by atoms with van der Waals surface area (Å²) in [5, 5.41) is 0. The van der Waals surface area contributed by atoms with Crippen LogP contribution in [0.2, 0.25) is 0 Å². The molecule has 1 aliphatic rings. The Labute approximate surface area is 59.9 Å². The highest BCUT2D eigenvalue weighted by molar-refractivity contribution is 5.09. The first kappa shape index (κ1) is 7.70. The van der Waals surface area contributed by atoms with Gasteiger partial charge >= 0.3 is 0 Å². The zero-order chi connectivity index (χ0) is 7.72. The van der Waals surface area contributed by atoms with Gasteiger partial charge in [0.1, 0.15) is 12.3 Å². The monoisotopic (exact) mass is 146 g/mol. The van der Waals surface area contributed by atoms with Gasteiger partial charge in [0.25, 0.3) is 0 Å². The van der Waals surface area contributed by atoms with Crippen LogP contribution < -0.4 is 0 Å². The van der Waals surface area contributed by atoms with E-state index in [1.54, 1.807) is 6.92 Å². The molecule has 2 heteroatoms. The Morgan fingerprint density at radius 3 is 2.60 bits per heavy atom. The largest absolute Gasteiger partial charge is 0.247 e. The highest BCUT2D eigenvalue weighted by Crippen LogP contribution is 2.31. The van der Waals surface area contributed by atoms with E-state index in [1.165, 1.54) is 0 Å². The third-order valence-electron chi connectivity index (χ3n) is 2.00. The highest BCUT2D eigenvalue weighted by atomic mass is 19.1. The summed E-state index contributed by atoms with van der Waals surface area (Å²) in [6.07, 6.45) is -1.28. The molecule has 10 heavy (non-hydrogen) atoms. The third kappa shape index (κ3) is 1.36. The van der Waals surface area contributed by atoms with Gasteiger partial charge in [-0.2, -0.15) is 0 Å². The Hall–Kier alpha value is -0.400. The van der Waals surface area contributed by atoms with Gasteiger partial charge in [-0.1, -0.05) is 13.5 Å². The summed E-state index contributed by atoms with van der Waals surface area (Å²) in [6, 6.07) is 0. The molecule has 0 aromatic carbocycles. The maximum absolute atomic E-state index is 12.9. The predicted molar refractivity (Wildman–Crippen MR) is 37.3 cm³/mol. The minimum absolute atomic E-state index is 0.184. The van der Waals surface area contributed by atoms with Gasteiger partial charge in [0.15, 0.2) is 0 Å². The first-order valence-electron chi connectivity index (χ1n) is 3.57. The number of allylic oxidation sites excluding steroid dienone is 1. The van der Waals surface area contributed by atoms with Crippen molar-refractivity contribution in [2.24, 2.45) is 5.92 Å². The van der Waals surface area contributed by atoms with Gasteiger partial charge in [-0.3, -0.25) is 0 Å². The van der Waals surface area contributed by atoms with Crippen LogP contribution in [-0.4, -0.2) is 12.3 Å². The van der Waals surface area contributed by atoms with Crippen molar-refractivity contribution in [2.75, 3.05) is 0 Å². The van der Waals surface area contributed by atoms with Crippen LogP contribution in [0.25, 0.3) is 0 Å². The quantitative estimate of drug-likeness (QED) is 0.461.